The van der Waals surface area contributed by atoms with Gasteiger partial charge in [-0.05, 0) is 36.4 Å². The molecule has 0 aliphatic heterocycles. The molecule has 13 nitrogen and oxygen atoms in total. The van der Waals surface area contributed by atoms with Gasteiger partial charge in [0.1, 0.15) is 39.7 Å². The van der Waals surface area contributed by atoms with E-state index in [4.69, 9.17) is 32.0 Å². The van der Waals surface area contributed by atoms with Crippen LogP contribution in [0.3, 0.4) is 0 Å². The number of esters is 1. The lowest BCUT2D eigenvalue weighted by Crippen LogP contribution is -2.13. The number of nitrogens with two attached hydrogens (primary N) is 1. The van der Waals surface area contributed by atoms with Crippen molar-refractivity contribution in [3.05, 3.63) is 110 Å². The molecule has 0 unspecified atom stereocenters. The maximum absolute atomic E-state index is 12.7. The van der Waals surface area contributed by atoms with Gasteiger partial charge in [-0.25, -0.2) is 23.1 Å². The average Bonchev–Trinajstić information content (AvgIpc) is 2.96. The SMILES string of the molecule is CCC(=O)OC.Nc1ccc(F)cn1.O=C=O.O=c1cc(Cl)nc2ccc(F)cn12.O=c1cc(O)nc2ccc(F)cn12. The fourth-order valence-corrected chi connectivity index (χ4v) is 2.82. The molecule has 0 aliphatic rings. The number of aromatic nitrogens is 5. The molecule has 0 saturated carbocycles. The Hall–Kier alpha value is -5.60. The molecule has 5 heterocycles. The smallest absolute Gasteiger partial charge is 0.373 e. The maximum Gasteiger partial charge on any atom is 0.373 e. The molecule has 0 bridgehead atoms. The summed E-state index contributed by atoms with van der Waals surface area (Å²) in [5, 5.41) is 9.07. The van der Waals surface area contributed by atoms with Crippen LogP contribution in [0.4, 0.5) is 19.0 Å². The van der Waals surface area contributed by atoms with Gasteiger partial charge in [-0.3, -0.25) is 23.2 Å². The molecular formula is C26H22ClF3N6O7. The second-order valence-corrected chi connectivity index (χ2v) is 7.82. The number of nitrogens with zero attached hydrogens (tertiary/aromatic N) is 5. The van der Waals surface area contributed by atoms with Gasteiger partial charge in [0.25, 0.3) is 11.1 Å². The van der Waals surface area contributed by atoms with E-state index in [1.54, 1.807) is 6.92 Å². The summed E-state index contributed by atoms with van der Waals surface area (Å²) < 4.78 is 43.7. The quantitative estimate of drug-likeness (QED) is 0.207. The van der Waals surface area contributed by atoms with Crippen molar-refractivity contribution in [1.29, 1.82) is 0 Å². The van der Waals surface area contributed by atoms with Crippen LogP contribution in [0.1, 0.15) is 13.3 Å². The van der Waals surface area contributed by atoms with E-state index in [0.717, 1.165) is 39.5 Å². The second-order valence-electron chi connectivity index (χ2n) is 7.44. The topological polar surface area (TPSA) is 188 Å². The van der Waals surface area contributed by atoms with E-state index >= 15 is 0 Å². The number of fused-ring (bicyclic) bond motifs is 2. The Morgan fingerprint density at radius 1 is 0.930 bits per heavy atom. The Kier molecular flexibility index (Phi) is 14.8. The summed E-state index contributed by atoms with van der Waals surface area (Å²) in [5.74, 6) is -1.56. The summed E-state index contributed by atoms with van der Waals surface area (Å²) in [4.78, 5) is 59.5. The van der Waals surface area contributed by atoms with Gasteiger partial charge in [-0.15, -0.1) is 0 Å². The van der Waals surface area contributed by atoms with Crippen LogP contribution in [0.2, 0.25) is 5.15 Å². The van der Waals surface area contributed by atoms with Crippen LogP contribution in [-0.4, -0.2) is 48.1 Å². The fraction of sp³-hybridized carbons (Fsp3) is 0.115. The maximum atomic E-state index is 12.7. The highest BCUT2D eigenvalue weighted by Crippen LogP contribution is 2.06. The molecule has 0 spiro atoms. The molecule has 0 radical (unpaired) electrons. The zero-order valence-electron chi connectivity index (χ0n) is 22.3. The molecule has 0 amide bonds. The number of carbonyl (C=O) groups excluding carboxylic acids is 3. The van der Waals surface area contributed by atoms with Gasteiger partial charge in [-0.1, -0.05) is 18.5 Å². The van der Waals surface area contributed by atoms with Gasteiger partial charge < -0.3 is 15.6 Å². The van der Waals surface area contributed by atoms with Crippen molar-refractivity contribution in [2.75, 3.05) is 12.8 Å². The second kappa shape index (κ2) is 18.0. The van der Waals surface area contributed by atoms with Crippen LogP contribution in [-0.2, 0) is 19.1 Å². The van der Waals surface area contributed by atoms with Gasteiger partial charge >= 0.3 is 12.1 Å². The van der Waals surface area contributed by atoms with E-state index < -0.39 is 22.8 Å². The van der Waals surface area contributed by atoms with E-state index in [1.807, 2.05) is 0 Å². The summed E-state index contributed by atoms with van der Waals surface area (Å²) in [6, 6.07) is 9.83. The highest BCUT2D eigenvalue weighted by Gasteiger charge is 2.02. The molecule has 5 aromatic heterocycles. The summed E-state index contributed by atoms with van der Waals surface area (Å²) in [5.41, 5.74) is 4.79. The van der Waals surface area contributed by atoms with Gasteiger partial charge in [0.2, 0.25) is 5.88 Å². The highest BCUT2D eigenvalue weighted by molar-refractivity contribution is 6.29. The minimum absolute atomic E-state index is 0.108. The monoisotopic (exact) mass is 622 g/mol. The highest BCUT2D eigenvalue weighted by atomic mass is 35.5. The number of nitrogen functional groups attached to an aromatic ring is 1. The molecule has 5 rings (SSSR count). The number of ether oxygens (including phenoxy) is 1. The molecule has 0 aromatic carbocycles. The molecule has 0 aliphatic carbocycles. The van der Waals surface area contributed by atoms with Crippen LogP contribution in [0, 0.1) is 17.5 Å². The van der Waals surface area contributed by atoms with E-state index in [2.05, 4.69) is 19.7 Å². The number of rotatable bonds is 1. The third kappa shape index (κ3) is 12.6. The number of pyridine rings is 3. The lowest BCUT2D eigenvalue weighted by molar-refractivity contribution is -0.191. The van der Waals surface area contributed by atoms with Gasteiger partial charge in [0, 0.05) is 24.9 Å². The van der Waals surface area contributed by atoms with E-state index in [1.165, 1.54) is 43.5 Å². The number of anilines is 1. The normalized spacial score (nSPS) is 9.35. The Morgan fingerprint density at radius 2 is 1.42 bits per heavy atom. The molecule has 0 saturated heterocycles. The number of hydrogen-bond acceptors (Lipinski definition) is 11. The minimum atomic E-state index is -0.526. The van der Waals surface area contributed by atoms with Crippen molar-refractivity contribution in [1.82, 2.24) is 23.8 Å². The van der Waals surface area contributed by atoms with Crippen molar-refractivity contribution >= 4 is 40.8 Å². The average molecular weight is 623 g/mol. The Morgan fingerprint density at radius 3 is 1.84 bits per heavy atom. The molecule has 0 atom stereocenters. The molecule has 3 N–H and O–H groups in total. The van der Waals surface area contributed by atoms with Gasteiger partial charge in [0.15, 0.2) is 0 Å². The van der Waals surface area contributed by atoms with E-state index in [-0.39, 0.29) is 34.6 Å². The predicted octanol–water partition coefficient (Wildman–Crippen LogP) is 2.82. The lowest BCUT2D eigenvalue weighted by atomic mass is 10.4. The predicted molar refractivity (Wildman–Crippen MR) is 145 cm³/mol. The number of carbonyl (C=O) groups is 1. The number of hydrogen-bond donors (Lipinski definition) is 2. The summed E-state index contributed by atoms with van der Waals surface area (Å²) in [7, 11) is 1.38. The zero-order valence-corrected chi connectivity index (χ0v) is 23.0. The van der Waals surface area contributed by atoms with Crippen LogP contribution in [0.15, 0.2) is 76.7 Å². The van der Waals surface area contributed by atoms with Crippen LogP contribution in [0.25, 0.3) is 11.3 Å². The first-order chi connectivity index (χ1) is 20.3. The first kappa shape index (κ1) is 35.4. The molecule has 5 aromatic rings. The largest absolute Gasteiger partial charge is 0.493 e. The summed E-state index contributed by atoms with van der Waals surface area (Å²) >= 11 is 5.55. The third-order valence-corrected chi connectivity index (χ3v) is 4.66. The fourth-order valence-electron chi connectivity index (χ4n) is 2.64. The van der Waals surface area contributed by atoms with Crippen molar-refractivity contribution < 1.29 is 37.4 Å². The lowest BCUT2D eigenvalue weighted by Gasteiger charge is -1.98. The minimum Gasteiger partial charge on any atom is -0.493 e. The van der Waals surface area contributed by atoms with Crippen LogP contribution >= 0.6 is 11.6 Å². The van der Waals surface area contributed by atoms with Crippen molar-refractivity contribution in [2.45, 2.75) is 13.3 Å². The number of methoxy groups -OCH3 is 1. The Balaban J connectivity index is 0.000000290. The van der Waals surface area contributed by atoms with Gasteiger partial charge in [0.05, 0.1) is 19.4 Å². The molecule has 0 fully saturated rings. The van der Waals surface area contributed by atoms with Crippen LogP contribution in [0.5, 0.6) is 5.88 Å². The molecule has 17 heteroatoms. The van der Waals surface area contributed by atoms with Gasteiger partial charge in [-0.2, -0.15) is 14.6 Å². The first-order valence-electron chi connectivity index (χ1n) is 11.5. The third-order valence-electron chi connectivity index (χ3n) is 4.47. The van der Waals surface area contributed by atoms with Crippen molar-refractivity contribution in [3.8, 4) is 5.88 Å². The molecule has 226 valence electrons. The number of halogens is 4. The number of aromatic hydroxyl groups is 1. The van der Waals surface area contributed by atoms with E-state index in [9.17, 15) is 27.6 Å². The van der Waals surface area contributed by atoms with Crippen LogP contribution < -0.4 is 16.9 Å². The summed E-state index contributed by atoms with van der Waals surface area (Å²) in [6.45, 7) is 1.76. The Bertz CT molecular complexity index is 1690. The van der Waals surface area contributed by atoms with Crippen molar-refractivity contribution in [3.63, 3.8) is 0 Å². The molecule has 43 heavy (non-hydrogen) atoms. The zero-order chi connectivity index (χ0) is 32.5. The van der Waals surface area contributed by atoms with E-state index in [0.29, 0.717) is 17.9 Å². The first-order valence-corrected chi connectivity index (χ1v) is 11.9. The standard InChI is InChI=1S/C8H4ClFN2O.C8H5FN2O2.C5H5FN2.C4H8O2.CO2/c9-6-3-8(13)12-4-5(10)1-2-7(12)11-6;9-5-1-2-6-10-7(12)3-8(13)11(6)4-5;6-4-1-2-5(7)8-3-4;1-3-4(5)6-2;2-1-3/h1-4H;1-4,12H;1-3H,(H2,7,8);3H2,1-2H3;. The summed E-state index contributed by atoms with van der Waals surface area (Å²) in [6.07, 6.45) is 3.89. The van der Waals surface area contributed by atoms with Crippen molar-refractivity contribution in [2.24, 2.45) is 0 Å². The molecular weight excluding hydrogens is 601 g/mol. The Labute approximate surface area is 244 Å².